The number of phenolic OH excluding ortho intramolecular Hbond substituents is 1. The molecule has 0 fully saturated rings. The van der Waals surface area contributed by atoms with E-state index in [1.165, 1.54) is 29.5 Å². The molecule has 1 aromatic carbocycles. The van der Waals surface area contributed by atoms with Crippen LogP contribution >= 0.6 is 22.9 Å². The number of amides is 1. The fourth-order valence-electron chi connectivity index (χ4n) is 2.74. The van der Waals surface area contributed by atoms with Gasteiger partial charge in [-0.1, -0.05) is 11.6 Å². The molecule has 1 heterocycles. The van der Waals surface area contributed by atoms with Crippen LogP contribution in [0.1, 0.15) is 44.0 Å². The number of aryl methyl sites for hydroxylation is 1. The van der Waals surface area contributed by atoms with Crippen LogP contribution in [0.2, 0.25) is 5.02 Å². The molecule has 120 valence electrons. The molecule has 1 aliphatic rings. The van der Waals surface area contributed by atoms with Gasteiger partial charge in [0.25, 0.3) is 5.91 Å². The fraction of sp³-hybridized carbons (Fsp3) is 0.250. The average molecular weight is 352 g/mol. The molecule has 0 radical (unpaired) electrons. The third-order valence-corrected chi connectivity index (χ3v) is 5.26. The van der Waals surface area contributed by atoms with E-state index < -0.39 is 11.9 Å². The van der Waals surface area contributed by atoms with E-state index in [0.29, 0.717) is 16.4 Å². The van der Waals surface area contributed by atoms with Crippen molar-refractivity contribution in [2.75, 3.05) is 5.32 Å². The van der Waals surface area contributed by atoms with Crippen molar-refractivity contribution in [1.82, 2.24) is 0 Å². The molecule has 0 atom stereocenters. The van der Waals surface area contributed by atoms with E-state index in [1.54, 1.807) is 0 Å². The van der Waals surface area contributed by atoms with Crippen molar-refractivity contribution < 1.29 is 19.8 Å². The zero-order valence-electron chi connectivity index (χ0n) is 12.1. The van der Waals surface area contributed by atoms with Crippen molar-refractivity contribution in [1.29, 1.82) is 0 Å². The number of aromatic carboxylic acids is 1. The van der Waals surface area contributed by atoms with Crippen molar-refractivity contribution in [3.8, 4) is 5.75 Å². The maximum atomic E-state index is 12.4. The largest absolute Gasteiger partial charge is 0.507 e. The summed E-state index contributed by atoms with van der Waals surface area (Å²) < 4.78 is 0. The monoisotopic (exact) mass is 351 g/mol. The SMILES string of the molecule is O=C(Nc1sc2c(c1C(=O)O)CCCC2)c1cc(Cl)ccc1O. The smallest absolute Gasteiger partial charge is 0.339 e. The summed E-state index contributed by atoms with van der Waals surface area (Å²) in [5.41, 5.74) is 0.999. The number of carbonyl (C=O) groups excluding carboxylic acids is 1. The van der Waals surface area contributed by atoms with Crippen LogP contribution in [-0.4, -0.2) is 22.1 Å². The van der Waals surface area contributed by atoms with Crippen molar-refractivity contribution >= 4 is 39.8 Å². The number of hydrogen-bond donors (Lipinski definition) is 3. The second-order valence-corrected chi connectivity index (χ2v) is 6.88. The number of rotatable bonds is 3. The predicted molar refractivity (Wildman–Crippen MR) is 89.0 cm³/mol. The number of aromatic hydroxyl groups is 1. The van der Waals surface area contributed by atoms with Gasteiger partial charge in [-0.3, -0.25) is 4.79 Å². The van der Waals surface area contributed by atoms with Crippen LogP contribution in [0.15, 0.2) is 18.2 Å². The summed E-state index contributed by atoms with van der Waals surface area (Å²) in [5.74, 6) is -1.83. The van der Waals surface area contributed by atoms with Crippen LogP contribution < -0.4 is 5.32 Å². The molecule has 0 bridgehead atoms. The van der Waals surface area contributed by atoms with Crippen molar-refractivity contribution in [2.24, 2.45) is 0 Å². The lowest BCUT2D eigenvalue weighted by atomic mass is 9.95. The molecule has 0 spiro atoms. The minimum Gasteiger partial charge on any atom is -0.507 e. The number of phenols is 1. The lowest BCUT2D eigenvalue weighted by molar-refractivity contribution is 0.0697. The first-order valence-corrected chi connectivity index (χ1v) is 8.34. The lowest BCUT2D eigenvalue weighted by Gasteiger charge is -2.10. The van der Waals surface area contributed by atoms with E-state index in [4.69, 9.17) is 11.6 Å². The van der Waals surface area contributed by atoms with E-state index >= 15 is 0 Å². The molecular weight excluding hydrogens is 338 g/mol. The van der Waals surface area contributed by atoms with Gasteiger partial charge in [0.15, 0.2) is 0 Å². The van der Waals surface area contributed by atoms with Crippen LogP contribution in [0.3, 0.4) is 0 Å². The first-order chi connectivity index (χ1) is 11.0. The minimum absolute atomic E-state index is 0.0141. The van der Waals surface area contributed by atoms with Gasteiger partial charge in [0.05, 0.1) is 11.1 Å². The number of carboxylic acids is 1. The molecule has 1 aromatic heterocycles. The van der Waals surface area contributed by atoms with Gasteiger partial charge < -0.3 is 15.5 Å². The van der Waals surface area contributed by atoms with Gasteiger partial charge in [0.1, 0.15) is 10.8 Å². The normalized spacial score (nSPS) is 13.4. The number of benzene rings is 1. The van der Waals surface area contributed by atoms with Crippen LogP contribution in [0, 0.1) is 0 Å². The van der Waals surface area contributed by atoms with Gasteiger partial charge >= 0.3 is 5.97 Å². The molecule has 7 heteroatoms. The summed E-state index contributed by atoms with van der Waals surface area (Å²) in [6.45, 7) is 0. The molecule has 5 nitrogen and oxygen atoms in total. The molecule has 3 N–H and O–H groups in total. The zero-order valence-corrected chi connectivity index (χ0v) is 13.6. The Morgan fingerprint density at radius 2 is 1.96 bits per heavy atom. The maximum absolute atomic E-state index is 12.4. The number of thiophene rings is 1. The van der Waals surface area contributed by atoms with Gasteiger partial charge in [0, 0.05) is 9.90 Å². The molecule has 1 aliphatic carbocycles. The molecular formula is C16H14ClNO4S. The molecule has 0 saturated carbocycles. The Labute approximate surface area is 141 Å². The Balaban J connectivity index is 1.96. The van der Waals surface area contributed by atoms with Crippen LogP contribution in [-0.2, 0) is 12.8 Å². The highest BCUT2D eigenvalue weighted by Gasteiger charge is 2.26. The van der Waals surface area contributed by atoms with E-state index in [0.717, 1.165) is 29.7 Å². The Bertz CT molecular complexity index is 800. The van der Waals surface area contributed by atoms with E-state index in [1.807, 2.05) is 0 Å². The van der Waals surface area contributed by atoms with Gasteiger partial charge in [-0.25, -0.2) is 4.79 Å². The lowest BCUT2D eigenvalue weighted by Crippen LogP contribution is -2.14. The molecule has 3 rings (SSSR count). The molecule has 2 aromatic rings. The highest BCUT2D eigenvalue weighted by Crippen LogP contribution is 2.38. The summed E-state index contributed by atoms with van der Waals surface area (Å²) >= 11 is 7.14. The van der Waals surface area contributed by atoms with Crippen LogP contribution in [0.5, 0.6) is 5.75 Å². The summed E-state index contributed by atoms with van der Waals surface area (Å²) in [6, 6.07) is 4.15. The molecule has 0 unspecified atom stereocenters. The standard InChI is InChI=1S/C16H14ClNO4S/c17-8-5-6-11(19)10(7-8)14(20)18-15-13(16(21)22)9-3-1-2-4-12(9)23-15/h5-7,19H,1-4H2,(H,18,20)(H,21,22). The summed E-state index contributed by atoms with van der Waals surface area (Å²) in [6.07, 6.45) is 3.52. The minimum atomic E-state index is -1.05. The Hall–Kier alpha value is -2.05. The predicted octanol–water partition coefficient (Wildman–Crippen LogP) is 3.94. The summed E-state index contributed by atoms with van der Waals surface area (Å²) in [5, 5.41) is 22.5. The topological polar surface area (TPSA) is 86.6 Å². The zero-order chi connectivity index (χ0) is 16.6. The third-order valence-electron chi connectivity index (χ3n) is 3.82. The molecule has 1 amide bonds. The molecule has 23 heavy (non-hydrogen) atoms. The third kappa shape index (κ3) is 3.04. The number of anilines is 1. The number of hydrogen-bond acceptors (Lipinski definition) is 4. The van der Waals surface area contributed by atoms with Crippen molar-refractivity contribution in [3.63, 3.8) is 0 Å². The van der Waals surface area contributed by atoms with E-state index in [-0.39, 0.29) is 16.9 Å². The molecule has 0 aliphatic heterocycles. The number of halogens is 1. The average Bonchev–Trinajstić information content (AvgIpc) is 2.87. The van der Waals surface area contributed by atoms with Crippen molar-refractivity contribution in [2.45, 2.75) is 25.7 Å². The Morgan fingerprint density at radius 3 is 2.70 bits per heavy atom. The van der Waals surface area contributed by atoms with Gasteiger partial charge in [-0.05, 0) is 49.4 Å². The van der Waals surface area contributed by atoms with E-state index in [9.17, 15) is 19.8 Å². The number of carboxylic acid groups (broad SMARTS) is 1. The first-order valence-electron chi connectivity index (χ1n) is 7.15. The maximum Gasteiger partial charge on any atom is 0.339 e. The summed E-state index contributed by atoms with van der Waals surface area (Å²) in [7, 11) is 0. The Morgan fingerprint density at radius 1 is 1.22 bits per heavy atom. The first kappa shape index (κ1) is 15.8. The van der Waals surface area contributed by atoms with Crippen LogP contribution in [0.25, 0.3) is 0 Å². The summed E-state index contributed by atoms with van der Waals surface area (Å²) in [4.78, 5) is 25.0. The quantitative estimate of drug-likeness (QED) is 0.781. The Kier molecular flexibility index (Phi) is 4.28. The highest BCUT2D eigenvalue weighted by molar-refractivity contribution is 7.17. The van der Waals surface area contributed by atoms with Crippen LogP contribution in [0.4, 0.5) is 5.00 Å². The fourth-order valence-corrected chi connectivity index (χ4v) is 4.19. The second-order valence-electron chi connectivity index (χ2n) is 5.34. The van der Waals surface area contributed by atoms with Gasteiger partial charge in [-0.15, -0.1) is 11.3 Å². The van der Waals surface area contributed by atoms with Gasteiger partial charge in [0.2, 0.25) is 0 Å². The van der Waals surface area contributed by atoms with E-state index in [2.05, 4.69) is 5.32 Å². The number of nitrogens with one attached hydrogen (secondary N) is 1. The highest BCUT2D eigenvalue weighted by atomic mass is 35.5. The van der Waals surface area contributed by atoms with Crippen molar-refractivity contribution in [3.05, 3.63) is 44.8 Å². The number of carbonyl (C=O) groups is 2. The molecule has 0 saturated heterocycles. The second kappa shape index (κ2) is 6.22. The number of fused-ring (bicyclic) bond motifs is 1. The van der Waals surface area contributed by atoms with Gasteiger partial charge in [-0.2, -0.15) is 0 Å².